The quantitative estimate of drug-likeness (QED) is 0.140. The molecule has 0 saturated carbocycles. The number of nitrogens with one attached hydrogen (secondary N) is 2. The molecule has 3 fully saturated rings. The Hall–Kier alpha value is -2.46. The topological polar surface area (TPSA) is 271 Å². The van der Waals surface area contributed by atoms with E-state index < -0.39 is 61.7 Å². The average Bonchev–Trinajstić information content (AvgIpc) is 3.70. The number of anilines is 2. The zero-order chi connectivity index (χ0) is 31.9. The van der Waals surface area contributed by atoms with Crippen molar-refractivity contribution in [3.05, 3.63) is 28.7 Å². The maximum atomic E-state index is 13.6. The molecular weight excluding hydrogens is 678 g/mol. The molecule has 7 heterocycles. The van der Waals surface area contributed by atoms with E-state index in [4.69, 9.17) is 50.8 Å². The summed E-state index contributed by atoms with van der Waals surface area (Å²) in [7, 11) is 0. The number of guanidine groups is 1. The fourth-order valence-electron chi connectivity index (χ4n) is 5.70. The van der Waals surface area contributed by atoms with Gasteiger partial charge in [0.25, 0.3) is 5.56 Å². The van der Waals surface area contributed by atoms with Gasteiger partial charge in [-0.15, -0.1) is 0 Å². The number of thiol groups is 1. The molecule has 3 saturated heterocycles. The number of nitrogens with zero attached hydrogens (tertiary/aromatic N) is 6. The van der Waals surface area contributed by atoms with Gasteiger partial charge < -0.3 is 45.3 Å². The first-order valence-corrected chi connectivity index (χ1v) is 18.7. The molecular formula is C21H28N10O10P2S2. The van der Waals surface area contributed by atoms with Crippen LogP contribution < -0.4 is 22.3 Å². The Labute approximate surface area is 263 Å². The molecule has 8 N–H and O–H groups in total. The molecule has 244 valence electrons. The zero-order valence-electron chi connectivity index (χ0n) is 23.2. The van der Waals surface area contributed by atoms with E-state index in [1.807, 2.05) is 0 Å². The molecule has 20 nitrogen and oxygen atoms in total. The van der Waals surface area contributed by atoms with Crippen molar-refractivity contribution in [2.45, 2.75) is 62.4 Å². The maximum Gasteiger partial charge on any atom is 0.386 e. The number of aliphatic imine (C=N–C) groups is 1. The Morgan fingerprint density at radius 3 is 2.73 bits per heavy atom. The lowest BCUT2D eigenvalue weighted by Gasteiger charge is -2.34. The van der Waals surface area contributed by atoms with Gasteiger partial charge >= 0.3 is 13.5 Å². The second-order valence-electron chi connectivity index (χ2n) is 10.9. The van der Waals surface area contributed by atoms with Crippen LogP contribution in [0.25, 0.3) is 11.2 Å². The van der Waals surface area contributed by atoms with Crippen LogP contribution in [0.1, 0.15) is 44.1 Å². The predicted molar refractivity (Wildman–Crippen MR) is 161 cm³/mol. The van der Waals surface area contributed by atoms with E-state index in [2.05, 4.69) is 42.5 Å². The Morgan fingerprint density at radius 1 is 1.16 bits per heavy atom. The van der Waals surface area contributed by atoms with Crippen LogP contribution in [-0.4, -0.2) is 82.2 Å². The van der Waals surface area contributed by atoms with Gasteiger partial charge in [0.15, 0.2) is 23.4 Å². The zero-order valence-corrected chi connectivity index (χ0v) is 26.7. The third-order valence-electron chi connectivity index (χ3n) is 7.79. The Bertz CT molecular complexity index is 1850. The second kappa shape index (κ2) is 11.1. The standard InChI is InChI=1S/C21H28N10O10P2S2/c1-21-3-12(31-7-25-14-16(31)27-20(23)29-18(14)33)39-10(21)5-37-42(34,44)40-8-2-11(38-9(8)4-36-43(35,45)41-21)30-6-24-13-15(30)26-19(22)28-17(13)32/h6-12,17,32H,2-5H2,1H3,(H,34,44)(H,35,45)(H3,22,26,28)(H3,23,27,29,33)/t8-,9+,10+,11?,12?,17?,21-,42?,43?/m0/s1. The number of fused-ring (bicyclic) bond motifs is 4. The lowest BCUT2D eigenvalue weighted by Crippen LogP contribution is -2.40. The van der Waals surface area contributed by atoms with Crippen LogP contribution in [0.4, 0.5) is 11.8 Å². The highest BCUT2D eigenvalue weighted by molar-refractivity contribution is 8.44. The molecule has 3 aromatic heterocycles. The number of nitrogens with two attached hydrogens (primary N) is 2. The molecule has 0 spiro atoms. The molecule has 0 bridgehead atoms. The molecule has 0 aliphatic carbocycles. The summed E-state index contributed by atoms with van der Waals surface area (Å²) in [5, 5.41) is 13.1. The molecule has 4 aliphatic heterocycles. The van der Waals surface area contributed by atoms with Crippen LogP contribution in [0.3, 0.4) is 0 Å². The van der Waals surface area contributed by atoms with Gasteiger partial charge in [-0.3, -0.25) is 28.0 Å². The SMILES string of the molecule is C[C@]12CC(n3cnc4c(=O)[nH]c(N)nc43)O[C@@H]1COP(O)(=S)O[C@H]1CC(n3cnc4c3NC(N)=NC4O)O[C@@H]1COP(=O)(S)O2. The van der Waals surface area contributed by atoms with Gasteiger partial charge in [-0.1, -0.05) is 12.2 Å². The van der Waals surface area contributed by atoms with Crippen molar-refractivity contribution < 1.29 is 42.1 Å². The number of ether oxygens (including phenoxy) is 2. The number of hydrogen-bond donors (Lipinski definition) is 7. The Morgan fingerprint density at radius 2 is 1.93 bits per heavy atom. The van der Waals surface area contributed by atoms with Crippen molar-refractivity contribution in [2.75, 3.05) is 24.3 Å². The summed E-state index contributed by atoms with van der Waals surface area (Å²) >= 11 is 9.56. The van der Waals surface area contributed by atoms with E-state index in [1.54, 1.807) is 11.5 Å². The van der Waals surface area contributed by atoms with Crippen molar-refractivity contribution in [3.63, 3.8) is 0 Å². The summed E-state index contributed by atoms with van der Waals surface area (Å²) in [6.45, 7) is -7.11. The highest BCUT2D eigenvalue weighted by Crippen LogP contribution is 2.61. The number of imidazole rings is 2. The molecule has 7 rings (SSSR count). The van der Waals surface area contributed by atoms with Gasteiger partial charge in [0.1, 0.15) is 41.8 Å². The number of hydrogen-bond acceptors (Lipinski definition) is 17. The van der Waals surface area contributed by atoms with E-state index in [0.29, 0.717) is 5.82 Å². The number of aromatic amines is 1. The fraction of sp³-hybridized carbons (Fsp3) is 0.571. The van der Waals surface area contributed by atoms with Crippen LogP contribution in [0, 0.1) is 0 Å². The third-order valence-corrected chi connectivity index (χ3v) is 11.1. The van der Waals surface area contributed by atoms with Crippen LogP contribution in [0.15, 0.2) is 22.4 Å². The number of nitrogen functional groups attached to an aromatic ring is 1. The molecule has 5 unspecified atom stereocenters. The van der Waals surface area contributed by atoms with Gasteiger partial charge in [0.2, 0.25) is 5.95 Å². The van der Waals surface area contributed by atoms with Crippen molar-refractivity contribution in [1.29, 1.82) is 0 Å². The van der Waals surface area contributed by atoms with Gasteiger partial charge in [-0.25, -0.2) is 19.5 Å². The lowest BCUT2D eigenvalue weighted by atomic mass is 9.98. The summed E-state index contributed by atoms with van der Waals surface area (Å²) in [6, 6.07) is 0. The van der Waals surface area contributed by atoms with E-state index in [0.717, 1.165) is 0 Å². The normalized spacial score (nSPS) is 38.8. The highest BCUT2D eigenvalue weighted by Gasteiger charge is 2.53. The molecule has 24 heteroatoms. The average molecular weight is 707 g/mol. The van der Waals surface area contributed by atoms with Crippen molar-refractivity contribution in [1.82, 2.24) is 29.1 Å². The predicted octanol–water partition coefficient (Wildman–Crippen LogP) is 0.367. The Balaban J connectivity index is 1.14. The number of H-pyrrole nitrogens is 1. The van der Waals surface area contributed by atoms with Crippen LogP contribution in [-0.2, 0) is 43.9 Å². The van der Waals surface area contributed by atoms with Crippen LogP contribution in [0.5, 0.6) is 0 Å². The summed E-state index contributed by atoms with van der Waals surface area (Å²) in [5.74, 6) is 0.208. The van der Waals surface area contributed by atoms with Crippen LogP contribution in [0.2, 0.25) is 0 Å². The fourth-order valence-corrected chi connectivity index (χ4v) is 9.03. The molecule has 45 heavy (non-hydrogen) atoms. The highest BCUT2D eigenvalue weighted by atomic mass is 32.7. The van der Waals surface area contributed by atoms with E-state index in [1.165, 1.54) is 17.2 Å². The minimum atomic E-state index is -4.11. The second-order valence-corrected chi connectivity index (χ2v) is 16.5. The minimum absolute atomic E-state index is 0.0213. The van der Waals surface area contributed by atoms with E-state index in [-0.39, 0.29) is 54.8 Å². The van der Waals surface area contributed by atoms with Crippen molar-refractivity contribution in [2.24, 2.45) is 10.7 Å². The van der Waals surface area contributed by atoms with Crippen molar-refractivity contribution in [3.8, 4) is 0 Å². The summed E-state index contributed by atoms with van der Waals surface area (Å²) in [6.07, 6.45) is -2.72. The van der Waals surface area contributed by atoms with Gasteiger partial charge in [0.05, 0.1) is 32.0 Å². The van der Waals surface area contributed by atoms with Gasteiger partial charge in [0, 0.05) is 12.8 Å². The molecule has 3 aromatic rings. The minimum Gasteiger partial charge on any atom is -0.370 e. The van der Waals surface area contributed by atoms with E-state index in [9.17, 15) is 19.4 Å². The molecule has 4 aliphatic rings. The molecule has 0 radical (unpaired) electrons. The molecule has 9 atom stereocenters. The smallest absolute Gasteiger partial charge is 0.370 e. The first-order chi connectivity index (χ1) is 21.2. The van der Waals surface area contributed by atoms with Gasteiger partial charge in [-0.05, 0) is 18.7 Å². The Kier molecular flexibility index (Phi) is 7.66. The summed E-state index contributed by atoms with van der Waals surface area (Å²) in [5.41, 5.74) is 10.0. The number of aromatic nitrogens is 6. The summed E-state index contributed by atoms with van der Waals surface area (Å²) < 4.78 is 52.3. The summed E-state index contributed by atoms with van der Waals surface area (Å²) in [4.78, 5) is 42.1. The number of aliphatic hydroxyl groups is 1. The van der Waals surface area contributed by atoms with E-state index >= 15 is 0 Å². The van der Waals surface area contributed by atoms with Gasteiger partial charge in [-0.2, -0.15) is 4.98 Å². The number of aliphatic hydroxyl groups excluding tert-OH is 1. The largest absolute Gasteiger partial charge is 0.386 e. The maximum absolute atomic E-state index is 13.6. The van der Waals surface area contributed by atoms with Crippen molar-refractivity contribution >= 4 is 66.5 Å². The first kappa shape index (κ1) is 31.2. The molecule has 0 aromatic carbocycles. The lowest BCUT2D eigenvalue weighted by molar-refractivity contribution is -0.0757. The number of rotatable bonds is 2. The molecule has 0 amide bonds. The first-order valence-electron chi connectivity index (χ1n) is 13.4. The third kappa shape index (κ3) is 5.83. The van der Waals surface area contributed by atoms with Crippen LogP contribution >= 0.6 is 25.8 Å². The monoisotopic (exact) mass is 706 g/mol.